The Balaban J connectivity index is 1.34. The molecule has 0 aromatic heterocycles. The molecule has 0 spiro atoms. The van der Waals surface area contributed by atoms with Gasteiger partial charge in [-0.2, -0.15) is 4.31 Å². The predicted molar refractivity (Wildman–Crippen MR) is 102 cm³/mol. The van der Waals surface area contributed by atoms with E-state index >= 15 is 0 Å². The number of nitrogens with zero attached hydrogens (tertiary/aromatic N) is 1. The van der Waals surface area contributed by atoms with Gasteiger partial charge in [-0.05, 0) is 74.6 Å². The van der Waals surface area contributed by atoms with E-state index in [4.69, 9.17) is 4.74 Å². The fourth-order valence-electron chi connectivity index (χ4n) is 4.07. The second kappa shape index (κ2) is 7.43. The summed E-state index contributed by atoms with van der Waals surface area (Å²) in [6.45, 7) is 0.786. The number of amides is 1. The van der Waals surface area contributed by atoms with Crippen LogP contribution in [0.3, 0.4) is 0 Å². The summed E-state index contributed by atoms with van der Waals surface area (Å²) in [6.07, 6.45) is 6.12. The van der Waals surface area contributed by atoms with Crippen LogP contribution in [0.5, 0.6) is 5.75 Å². The number of methoxy groups -OCH3 is 1. The number of rotatable bonds is 7. The number of carbonyl (C=O) groups excluding carboxylic acids is 1. The van der Waals surface area contributed by atoms with Crippen LogP contribution in [-0.2, 0) is 14.8 Å². The topological polar surface area (TPSA) is 75.7 Å². The molecule has 148 valence electrons. The molecular formula is C20H28N2O4S. The summed E-state index contributed by atoms with van der Waals surface area (Å²) in [5.41, 5.74) is 0. The van der Waals surface area contributed by atoms with Crippen molar-refractivity contribution in [2.45, 2.75) is 49.5 Å². The highest BCUT2D eigenvalue weighted by Crippen LogP contribution is 2.44. The second-order valence-corrected chi connectivity index (χ2v) is 10.0. The molecule has 6 nitrogen and oxygen atoms in total. The van der Waals surface area contributed by atoms with Crippen molar-refractivity contribution in [3.05, 3.63) is 24.3 Å². The second-order valence-electron chi connectivity index (χ2n) is 8.06. The molecule has 1 aromatic rings. The molecule has 4 rings (SSSR count). The standard InChI is InChI=1S/C20H28N2O4S/c1-26-17-6-8-18(9-7-17)27(24,25)22-12-10-16(11-13-22)20(23)21-19(14-2-3-14)15-4-5-15/h6-9,14-16,19H,2-5,10-13H2,1H3,(H,21,23). The normalized spacial score (nSPS) is 22.0. The zero-order valence-corrected chi connectivity index (χ0v) is 16.6. The van der Waals surface area contributed by atoms with E-state index in [0.29, 0.717) is 49.6 Å². The van der Waals surface area contributed by atoms with Crippen LogP contribution in [-0.4, -0.2) is 44.9 Å². The highest BCUT2D eigenvalue weighted by Gasteiger charge is 2.43. The lowest BCUT2D eigenvalue weighted by molar-refractivity contribution is -0.127. The molecule has 3 aliphatic rings. The molecule has 2 aliphatic carbocycles. The van der Waals surface area contributed by atoms with Crippen LogP contribution in [0.1, 0.15) is 38.5 Å². The van der Waals surface area contributed by atoms with E-state index in [2.05, 4.69) is 5.32 Å². The van der Waals surface area contributed by atoms with Gasteiger partial charge in [0.25, 0.3) is 0 Å². The number of piperidine rings is 1. The number of ether oxygens (including phenoxy) is 1. The minimum Gasteiger partial charge on any atom is -0.497 e. The first-order valence-corrected chi connectivity index (χ1v) is 11.4. The average Bonchev–Trinajstić information content (AvgIpc) is 3.59. The van der Waals surface area contributed by atoms with Gasteiger partial charge in [0.15, 0.2) is 0 Å². The first-order valence-electron chi connectivity index (χ1n) is 9.93. The van der Waals surface area contributed by atoms with Gasteiger partial charge in [0.1, 0.15) is 5.75 Å². The molecule has 0 atom stereocenters. The average molecular weight is 393 g/mol. The van der Waals surface area contributed by atoms with Crippen LogP contribution in [0.2, 0.25) is 0 Å². The van der Waals surface area contributed by atoms with E-state index in [-0.39, 0.29) is 16.7 Å². The van der Waals surface area contributed by atoms with E-state index in [1.807, 2.05) is 0 Å². The van der Waals surface area contributed by atoms with Crippen molar-refractivity contribution in [1.82, 2.24) is 9.62 Å². The van der Waals surface area contributed by atoms with Crippen molar-refractivity contribution < 1.29 is 17.9 Å². The summed E-state index contributed by atoms with van der Waals surface area (Å²) in [7, 11) is -1.97. The van der Waals surface area contributed by atoms with Crippen LogP contribution >= 0.6 is 0 Å². The Labute approximate surface area is 161 Å². The number of nitrogens with one attached hydrogen (secondary N) is 1. The first kappa shape index (κ1) is 18.7. The molecule has 1 heterocycles. The zero-order chi connectivity index (χ0) is 19.0. The minimum atomic E-state index is -3.52. The van der Waals surface area contributed by atoms with Gasteiger partial charge in [0, 0.05) is 25.0 Å². The smallest absolute Gasteiger partial charge is 0.243 e. The van der Waals surface area contributed by atoms with Crippen LogP contribution in [0, 0.1) is 17.8 Å². The lowest BCUT2D eigenvalue weighted by Gasteiger charge is -2.31. The van der Waals surface area contributed by atoms with E-state index in [1.165, 1.54) is 30.0 Å². The van der Waals surface area contributed by atoms with Crippen LogP contribution in [0.4, 0.5) is 0 Å². The van der Waals surface area contributed by atoms with Crippen LogP contribution in [0.15, 0.2) is 29.2 Å². The number of hydrogen-bond donors (Lipinski definition) is 1. The fourth-order valence-corrected chi connectivity index (χ4v) is 5.54. The summed E-state index contributed by atoms with van der Waals surface area (Å²) >= 11 is 0. The Kier molecular flexibility index (Phi) is 5.16. The highest BCUT2D eigenvalue weighted by atomic mass is 32.2. The van der Waals surface area contributed by atoms with E-state index < -0.39 is 10.0 Å². The monoisotopic (exact) mass is 392 g/mol. The molecule has 7 heteroatoms. The Morgan fingerprint density at radius 2 is 1.59 bits per heavy atom. The molecule has 0 bridgehead atoms. The van der Waals surface area contributed by atoms with E-state index in [1.54, 1.807) is 31.4 Å². The third kappa shape index (κ3) is 4.14. The Hall–Kier alpha value is -1.60. The van der Waals surface area contributed by atoms with Gasteiger partial charge in [-0.1, -0.05) is 0 Å². The summed E-state index contributed by atoms with van der Waals surface area (Å²) in [5, 5.41) is 3.29. The van der Waals surface area contributed by atoms with Gasteiger partial charge in [-0.3, -0.25) is 4.79 Å². The number of sulfonamides is 1. The van der Waals surface area contributed by atoms with Gasteiger partial charge >= 0.3 is 0 Å². The lowest BCUT2D eigenvalue weighted by Crippen LogP contribution is -2.46. The van der Waals surface area contributed by atoms with Gasteiger partial charge < -0.3 is 10.1 Å². The lowest BCUT2D eigenvalue weighted by atomic mass is 9.96. The van der Waals surface area contributed by atoms with Crippen LogP contribution in [0.25, 0.3) is 0 Å². The molecule has 0 unspecified atom stereocenters. The van der Waals surface area contributed by atoms with Gasteiger partial charge in [-0.25, -0.2) is 8.42 Å². The summed E-state index contributed by atoms with van der Waals surface area (Å²) in [4.78, 5) is 12.9. The maximum atomic E-state index is 12.8. The SMILES string of the molecule is COc1ccc(S(=O)(=O)N2CCC(C(=O)NC(C3CC3)C3CC3)CC2)cc1. The van der Waals surface area contributed by atoms with Crippen LogP contribution < -0.4 is 10.1 Å². The van der Waals surface area contributed by atoms with Crippen molar-refractivity contribution in [2.24, 2.45) is 17.8 Å². The maximum absolute atomic E-state index is 12.8. The Morgan fingerprint density at radius 3 is 2.07 bits per heavy atom. The molecule has 1 N–H and O–H groups in total. The minimum absolute atomic E-state index is 0.0766. The van der Waals surface area contributed by atoms with Gasteiger partial charge in [0.05, 0.1) is 12.0 Å². The zero-order valence-electron chi connectivity index (χ0n) is 15.8. The van der Waals surface area contributed by atoms with E-state index in [9.17, 15) is 13.2 Å². The first-order chi connectivity index (χ1) is 13.0. The largest absolute Gasteiger partial charge is 0.497 e. The summed E-state index contributed by atoms with van der Waals surface area (Å²) in [5.74, 6) is 2.03. The molecule has 2 saturated carbocycles. The quantitative estimate of drug-likeness (QED) is 0.773. The molecule has 1 saturated heterocycles. The third-order valence-corrected chi connectivity index (χ3v) is 8.00. The summed E-state index contributed by atoms with van der Waals surface area (Å²) in [6, 6.07) is 6.82. The molecular weight excluding hydrogens is 364 g/mol. The van der Waals surface area contributed by atoms with Crippen molar-refractivity contribution in [3.8, 4) is 5.75 Å². The predicted octanol–water partition coefficient (Wildman–Crippen LogP) is 2.40. The third-order valence-electron chi connectivity index (χ3n) is 6.09. The molecule has 1 aliphatic heterocycles. The maximum Gasteiger partial charge on any atom is 0.243 e. The molecule has 1 aromatic carbocycles. The van der Waals surface area contributed by atoms with Crippen molar-refractivity contribution >= 4 is 15.9 Å². The fraction of sp³-hybridized carbons (Fsp3) is 0.650. The van der Waals surface area contributed by atoms with Crippen molar-refractivity contribution in [3.63, 3.8) is 0 Å². The molecule has 1 amide bonds. The van der Waals surface area contributed by atoms with E-state index in [0.717, 1.165) is 0 Å². The Morgan fingerprint density at radius 1 is 1.04 bits per heavy atom. The molecule has 27 heavy (non-hydrogen) atoms. The highest BCUT2D eigenvalue weighted by molar-refractivity contribution is 7.89. The van der Waals surface area contributed by atoms with Crippen molar-refractivity contribution in [1.29, 1.82) is 0 Å². The molecule has 0 radical (unpaired) electrons. The summed E-state index contributed by atoms with van der Waals surface area (Å²) < 4.78 is 32.2. The molecule has 3 fully saturated rings. The van der Waals surface area contributed by atoms with Gasteiger partial charge in [0.2, 0.25) is 15.9 Å². The Bertz CT molecular complexity index is 765. The number of hydrogen-bond acceptors (Lipinski definition) is 4. The van der Waals surface area contributed by atoms with Gasteiger partial charge in [-0.15, -0.1) is 0 Å². The number of carbonyl (C=O) groups is 1. The van der Waals surface area contributed by atoms with Crippen molar-refractivity contribution in [2.75, 3.05) is 20.2 Å². The number of benzene rings is 1.